The zero-order valence-corrected chi connectivity index (χ0v) is 7.09. The molecule has 2 rings (SSSR count). The number of hydrazine groups is 1. The first-order valence-corrected chi connectivity index (χ1v) is 4.40. The summed E-state index contributed by atoms with van der Waals surface area (Å²) in [5.74, 6) is 5.99. The molecule has 0 amide bonds. The maximum Gasteiger partial charge on any atom is 0.0132 e. The van der Waals surface area contributed by atoms with Crippen LogP contribution < -0.4 is 11.3 Å². The topological polar surface area (TPSA) is 38.0 Å². The minimum atomic E-state index is 0.701. The molecule has 0 heterocycles. The summed E-state index contributed by atoms with van der Waals surface area (Å²) in [5, 5.41) is 0. The van der Waals surface area contributed by atoms with Gasteiger partial charge in [-0.2, -0.15) is 0 Å². The fraction of sp³-hybridized carbons (Fsp3) is 0.400. The van der Waals surface area contributed by atoms with Gasteiger partial charge in [-0.1, -0.05) is 24.3 Å². The van der Waals surface area contributed by atoms with Crippen LogP contribution in [0.1, 0.15) is 11.1 Å². The van der Waals surface area contributed by atoms with E-state index >= 15 is 0 Å². The lowest BCUT2D eigenvalue weighted by Gasteiger charge is -2.05. The number of rotatable bonds is 2. The largest absolute Gasteiger partial charge is 0.271 e. The summed E-state index contributed by atoms with van der Waals surface area (Å²) < 4.78 is 0. The molecule has 0 bridgehead atoms. The molecule has 0 spiro atoms. The van der Waals surface area contributed by atoms with Crippen LogP contribution in [0, 0.1) is 5.92 Å². The molecular formula is C10H14N2. The van der Waals surface area contributed by atoms with E-state index in [2.05, 4.69) is 29.7 Å². The molecule has 0 saturated carbocycles. The third-order valence-corrected chi connectivity index (χ3v) is 2.54. The van der Waals surface area contributed by atoms with Gasteiger partial charge in [0.05, 0.1) is 0 Å². The first-order valence-electron chi connectivity index (χ1n) is 4.40. The number of nitrogens with two attached hydrogens (primary N) is 1. The van der Waals surface area contributed by atoms with Gasteiger partial charge in [-0.3, -0.25) is 11.3 Å². The first-order chi connectivity index (χ1) is 5.90. The average Bonchev–Trinajstić information content (AvgIpc) is 2.47. The molecule has 0 saturated heterocycles. The van der Waals surface area contributed by atoms with E-state index in [0.717, 1.165) is 6.54 Å². The molecule has 0 aromatic heterocycles. The Bertz CT molecular complexity index is 245. The van der Waals surface area contributed by atoms with E-state index in [1.165, 1.54) is 24.0 Å². The molecule has 1 aliphatic rings. The number of hydrogen-bond donors (Lipinski definition) is 2. The molecule has 2 heteroatoms. The minimum absolute atomic E-state index is 0.701. The van der Waals surface area contributed by atoms with Crippen LogP contribution in [0.15, 0.2) is 24.3 Å². The molecule has 3 N–H and O–H groups in total. The molecule has 1 aromatic carbocycles. The molecule has 12 heavy (non-hydrogen) atoms. The van der Waals surface area contributed by atoms with E-state index in [9.17, 15) is 0 Å². The third kappa shape index (κ3) is 1.36. The van der Waals surface area contributed by atoms with Crippen LogP contribution in [-0.2, 0) is 12.8 Å². The van der Waals surface area contributed by atoms with Crippen molar-refractivity contribution in [3.05, 3.63) is 35.4 Å². The summed E-state index contributed by atoms with van der Waals surface area (Å²) in [6.07, 6.45) is 2.36. The van der Waals surface area contributed by atoms with Crippen molar-refractivity contribution < 1.29 is 0 Å². The smallest absolute Gasteiger partial charge is 0.0132 e. The van der Waals surface area contributed by atoms with Gasteiger partial charge in [0, 0.05) is 6.54 Å². The predicted molar refractivity (Wildman–Crippen MR) is 49.5 cm³/mol. The summed E-state index contributed by atoms with van der Waals surface area (Å²) in [7, 11) is 0. The van der Waals surface area contributed by atoms with E-state index in [0.29, 0.717) is 5.92 Å². The molecule has 0 radical (unpaired) electrons. The van der Waals surface area contributed by atoms with Gasteiger partial charge in [0.15, 0.2) is 0 Å². The molecule has 0 unspecified atom stereocenters. The lowest BCUT2D eigenvalue weighted by atomic mass is 10.1. The summed E-state index contributed by atoms with van der Waals surface area (Å²) >= 11 is 0. The molecule has 0 atom stereocenters. The van der Waals surface area contributed by atoms with Crippen molar-refractivity contribution in [3.63, 3.8) is 0 Å². The first kappa shape index (κ1) is 7.77. The number of nitrogens with one attached hydrogen (secondary N) is 1. The van der Waals surface area contributed by atoms with E-state index in [-0.39, 0.29) is 0 Å². The Hall–Kier alpha value is -0.860. The Morgan fingerprint density at radius 1 is 1.25 bits per heavy atom. The molecule has 64 valence electrons. The summed E-state index contributed by atoms with van der Waals surface area (Å²) in [6.45, 7) is 0.925. The van der Waals surface area contributed by atoms with Gasteiger partial charge in [-0.05, 0) is 29.9 Å². The van der Waals surface area contributed by atoms with E-state index in [4.69, 9.17) is 5.84 Å². The van der Waals surface area contributed by atoms with Gasteiger partial charge >= 0.3 is 0 Å². The lowest BCUT2D eigenvalue weighted by molar-refractivity contribution is 0.508. The molecule has 0 aliphatic heterocycles. The summed E-state index contributed by atoms with van der Waals surface area (Å²) in [4.78, 5) is 0. The Labute approximate surface area is 72.7 Å². The molecule has 1 aromatic rings. The van der Waals surface area contributed by atoms with Crippen LogP contribution in [0.4, 0.5) is 0 Å². The Balaban J connectivity index is 2.11. The molecular weight excluding hydrogens is 148 g/mol. The third-order valence-electron chi connectivity index (χ3n) is 2.54. The van der Waals surface area contributed by atoms with Crippen molar-refractivity contribution in [2.24, 2.45) is 11.8 Å². The molecule has 1 aliphatic carbocycles. The highest BCUT2D eigenvalue weighted by atomic mass is 15.2. The second kappa shape index (κ2) is 3.25. The van der Waals surface area contributed by atoms with Crippen molar-refractivity contribution in [2.75, 3.05) is 6.54 Å². The lowest BCUT2D eigenvalue weighted by Crippen LogP contribution is -2.29. The average molecular weight is 162 g/mol. The van der Waals surface area contributed by atoms with Crippen LogP contribution in [0.2, 0.25) is 0 Å². The standard InChI is InChI=1S/C10H14N2/c11-12-7-8-5-9-3-1-2-4-10(9)6-8/h1-4,8,12H,5-7,11H2. The zero-order chi connectivity index (χ0) is 8.39. The highest BCUT2D eigenvalue weighted by molar-refractivity contribution is 5.32. The Morgan fingerprint density at radius 3 is 2.33 bits per heavy atom. The van der Waals surface area contributed by atoms with Crippen LogP contribution in [0.5, 0.6) is 0 Å². The normalized spacial score (nSPS) is 16.4. The van der Waals surface area contributed by atoms with Gasteiger partial charge < -0.3 is 0 Å². The molecule has 2 nitrogen and oxygen atoms in total. The maximum absolute atomic E-state index is 5.29. The van der Waals surface area contributed by atoms with Crippen molar-refractivity contribution in [1.82, 2.24) is 5.43 Å². The molecule has 0 fully saturated rings. The fourth-order valence-corrected chi connectivity index (χ4v) is 1.96. The van der Waals surface area contributed by atoms with Gasteiger partial charge in [0.2, 0.25) is 0 Å². The highest BCUT2D eigenvalue weighted by Gasteiger charge is 2.19. The van der Waals surface area contributed by atoms with Crippen molar-refractivity contribution in [1.29, 1.82) is 0 Å². The Morgan fingerprint density at radius 2 is 1.83 bits per heavy atom. The van der Waals surface area contributed by atoms with E-state index < -0.39 is 0 Å². The fourth-order valence-electron chi connectivity index (χ4n) is 1.96. The van der Waals surface area contributed by atoms with E-state index in [1.807, 2.05) is 0 Å². The quantitative estimate of drug-likeness (QED) is 0.500. The summed E-state index contributed by atoms with van der Waals surface area (Å²) in [5.41, 5.74) is 5.74. The zero-order valence-electron chi connectivity index (χ0n) is 7.09. The van der Waals surface area contributed by atoms with Gasteiger partial charge in [-0.25, -0.2) is 0 Å². The van der Waals surface area contributed by atoms with Gasteiger partial charge in [-0.15, -0.1) is 0 Å². The summed E-state index contributed by atoms with van der Waals surface area (Å²) in [6, 6.07) is 8.64. The number of fused-ring (bicyclic) bond motifs is 1. The van der Waals surface area contributed by atoms with Crippen LogP contribution in [-0.4, -0.2) is 6.54 Å². The van der Waals surface area contributed by atoms with Crippen LogP contribution in [0.3, 0.4) is 0 Å². The van der Waals surface area contributed by atoms with Crippen molar-refractivity contribution in [2.45, 2.75) is 12.8 Å². The predicted octanol–water partition coefficient (Wildman–Crippen LogP) is 0.865. The van der Waals surface area contributed by atoms with Crippen molar-refractivity contribution >= 4 is 0 Å². The number of benzene rings is 1. The van der Waals surface area contributed by atoms with Gasteiger partial charge in [0.1, 0.15) is 0 Å². The second-order valence-electron chi connectivity index (χ2n) is 3.45. The van der Waals surface area contributed by atoms with Crippen molar-refractivity contribution in [3.8, 4) is 0 Å². The maximum atomic E-state index is 5.29. The number of hydrogen-bond acceptors (Lipinski definition) is 2. The van der Waals surface area contributed by atoms with E-state index in [1.54, 1.807) is 0 Å². The van der Waals surface area contributed by atoms with Crippen LogP contribution >= 0.6 is 0 Å². The highest BCUT2D eigenvalue weighted by Crippen LogP contribution is 2.25. The minimum Gasteiger partial charge on any atom is -0.271 e. The van der Waals surface area contributed by atoms with Crippen LogP contribution in [0.25, 0.3) is 0 Å². The SMILES string of the molecule is NNCC1Cc2ccccc2C1. The second-order valence-corrected chi connectivity index (χ2v) is 3.45. The Kier molecular flexibility index (Phi) is 2.11. The monoisotopic (exact) mass is 162 g/mol. The van der Waals surface area contributed by atoms with Gasteiger partial charge in [0.25, 0.3) is 0 Å².